The molecule has 2 heterocycles. The fraction of sp³-hybridized carbons (Fsp3) is 0.900. The maximum absolute atomic E-state index is 11.5. The summed E-state index contributed by atoms with van der Waals surface area (Å²) >= 11 is 0. The standard InChI is InChI=1S/C10H17NO3/c1-14-10(13)8-4-5-9(12)7-3-2-6-11(7)8/h7-9,12H,2-6H2,1H3. The molecule has 1 N–H and O–H groups in total. The minimum absolute atomic E-state index is 0.115. The SMILES string of the molecule is COC(=O)C1CCC(O)C2CCCN12. The first-order valence-electron chi connectivity index (χ1n) is 5.25. The Balaban J connectivity index is 2.09. The van der Waals surface area contributed by atoms with Gasteiger partial charge < -0.3 is 9.84 Å². The highest BCUT2D eigenvalue weighted by Gasteiger charge is 2.42. The fourth-order valence-corrected chi connectivity index (χ4v) is 2.69. The zero-order valence-corrected chi connectivity index (χ0v) is 8.48. The van der Waals surface area contributed by atoms with E-state index in [1.165, 1.54) is 7.11 Å². The lowest BCUT2D eigenvalue weighted by Gasteiger charge is -2.38. The second-order valence-electron chi connectivity index (χ2n) is 4.13. The van der Waals surface area contributed by atoms with Crippen molar-refractivity contribution < 1.29 is 14.6 Å². The van der Waals surface area contributed by atoms with Gasteiger partial charge in [-0.25, -0.2) is 0 Å². The third kappa shape index (κ3) is 1.53. The molecule has 0 aromatic heterocycles. The summed E-state index contributed by atoms with van der Waals surface area (Å²) < 4.78 is 4.77. The van der Waals surface area contributed by atoms with Gasteiger partial charge in [0.05, 0.1) is 13.2 Å². The van der Waals surface area contributed by atoms with Crippen molar-refractivity contribution in [1.82, 2.24) is 4.90 Å². The van der Waals surface area contributed by atoms with Crippen LogP contribution in [0.5, 0.6) is 0 Å². The van der Waals surface area contributed by atoms with Crippen LogP contribution in [-0.4, -0.2) is 47.8 Å². The molecule has 0 aliphatic carbocycles. The molecule has 3 unspecified atom stereocenters. The number of nitrogens with zero attached hydrogens (tertiary/aromatic N) is 1. The molecule has 4 heteroatoms. The number of methoxy groups -OCH3 is 1. The van der Waals surface area contributed by atoms with Crippen molar-refractivity contribution in [3.05, 3.63) is 0 Å². The van der Waals surface area contributed by atoms with Crippen LogP contribution >= 0.6 is 0 Å². The smallest absolute Gasteiger partial charge is 0.323 e. The monoisotopic (exact) mass is 199 g/mol. The van der Waals surface area contributed by atoms with E-state index in [4.69, 9.17) is 4.74 Å². The van der Waals surface area contributed by atoms with E-state index in [2.05, 4.69) is 4.90 Å². The van der Waals surface area contributed by atoms with Crippen LogP contribution in [0.3, 0.4) is 0 Å². The molecule has 2 aliphatic rings. The second kappa shape index (κ2) is 3.87. The van der Waals surface area contributed by atoms with Crippen LogP contribution in [-0.2, 0) is 9.53 Å². The first kappa shape index (κ1) is 9.93. The number of piperidine rings is 1. The Kier molecular flexibility index (Phi) is 2.74. The molecule has 0 aromatic rings. The molecule has 0 radical (unpaired) electrons. The molecule has 0 saturated carbocycles. The molecule has 3 atom stereocenters. The number of esters is 1. The molecule has 0 amide bonds. The number of aliphatic hydroxyl groups excluding tert-OH is 1. The van der Waals surface area contributed by atoms with E-state index in [0.29, 0.717) is 0 Å². The van der Waals surface area contributed by atoms with Crippen LogP contribution in [0.1, 0.15) is 25.7 Å². The van der Waals surface area contributed by atoms with Gasteiger partial charge >= 0.3 is 5.97 Å². The molecule has 14 heavy (non-hydrogen) atoms. The third-order valence-electron chi connectivity index (χ3n) is 3.40. The Morgan fingerprint density at radius 3 is 2.93 bits per heavy atom. The zero-order chi connectivity index (χ0) is 10.1. The predicted octanol–water partition coefficient (Wildman–Crippen LogP) is 0.147. The minimum Gasteiger partial charge on any atom is -0.468 e. The number of carbonyl (C=O) groups is 1. The largest absolute Gasteiger partial charge is 0.468 e. The molecule has 0 aromatic carbocycles. The van der Waals surface area contributed by atoms with Gasteiger partial charge in [-0.3, -0.25) is 9.69 Å². The average molecular weight is 199 g/mol. The van der Waals surface area contributed by atoms with Crippen molar-refractivity contribution in [3.8, 4) is 0 Å². The Morgan fingerprint density at radius 1 is 1.43 bits per heavy atom. The first-order chi connectivity index (χ1) is 6.74. The molecular formula is C10H17NO3. The number of aliphatic hydroxyl groups is 1. The van der Waals surface area contributed by atoms with Gasteiger partial charge in [-0.15, -0.1) is 0 Å². The number of carbonyl (C=O) groups excluding carboxylic acids is 1. The van der Waals surface area contributed by atoms with E-state index in [0.717, 1.165) is 32.2 Å². The zero-order valence-electron chi connectivity index (χ0n) is 8.48. The summed E-state index contributed by atoms with van der Waals surface area (Å²) in [6.07, 6.45) is 3.29. The Morgan fingerprint density at radius 2 is 2.21 bits per heavy atom. The van der Waals surface area contributed by atoms with Gasteiger partial charge in [-0.05, 0) is 32.2 Å². The van der Waals surface area contributed by atoms with E-state index in [-0.39, 0.29) is 24.2 Å². The van der Waals surface area contributed by atoms with Crippen LogP contribution < -0.4 is 0 Å². The lowest BCUT2D eigenvalue weighted by molar-refractivity contribution is -0.151. The van der Waals surface area contributed by atoms with Crippen molar-refractivity contribution in [1.29, 1.82) is 0 Å². The summed E-state index contributed by atoms with van der Waals surface area (Å²) in [5.74, 6) is -0.149. The first-order valence-corrected chi connectivity index (χ1v) is 5.25. The molecule has 80 valence electrons. The van der Waals surface area contributed by atoms with Crippen LogP contribution in [0.15, 0.2) is 0 Å². The number of fused-ring (bicyclic) bond motifs is 1. The summed E-state index contributed by atoms with van der Waals surface area (Å²) in [4.78, 5) is 13.6. The summed E-state index contributed by atoms with van der Waals surface area (Å²) in [7, 11) is 1.43. The van der Waals surface area contributed by atoms with Crippen molar-refractivity contribution in [2.24, 2.45) is 0 Å². The van der Waals surface area contributed by atoms with Crippen molar-refractivity contribution in [3.63, 3.8) is 0 Å². The maximum Gasteiger partial charge on any atom is 0.323 e. The molecule has 4 nitrogen and oxygen atoms in total. The molecule has 2 fully saturated rings. The van der Waals surface area contributed by atoms with Crippen molar-refractivity contribution >= 4 is 5.97 Å². The van der Waals surface area contributed by atoms with Gasteiger partial charge in [0.25, 0.3) is 0 Å². The molecule has 2 aliphatic heterocycles. The van der Waals surface area contributed by atoms with E-state index < -0.39 is 0 Å². The van der Waals surface area contributed by atoms with Crippen molar-refractivity contribution in [2.75, 3.05) is 13.7 Å². The normalized spacial score (nSPS) is 38.0. The summed E-state index contributed by atoms with van der Waals surface area (Å²) in [5, 5.41) is 9.76. The van der Waals surface area contributed by atoms with E-state index in [1.54, 1.807) is 0 Å². The number of ether oxygens (including phenoxy) is 1. The Bertz CT molecular complexity index is 231. The van der Waals surface area contributed by atoms with Crippen LogP contribution in [0.2, 0.25) is 0 Å². The summed E-state index contributed by atoms with van der Waals surface area (Å²) in [6, 6.07) is 0.0729. The number of hydrogen-bond donors (Lipinski definition) is 1. The molecule has 0 bridgehead atoms. The lowest BCUT2D eigenvalue weighted by Crippen LogP contribution is -2.53. The molecule has 2 saturated heterocycles. The van der Waals surface area contributed by atoms with Gasteiger partial charge in [0.15, 0.2) is 0 Å². The highest BCUT2D eigenvalue weighted by Crippen LogP contribution is 2.31. The molecule has 2 rings (SSSR count). The quantitative estimate of drug-likeness (QED) is 0.611. The topological polar surface area (TPSA) is 49.8 Å². The Hall–Kier alpha value is -0.610. The molecule has 0 spiro atoms. The van der Waals surface area contributed by atoms with E-state index >= 15 is 0 Å². The third-order valence-corrected chi connectivity index (χ3v) is 3.40. The van der Waals surface area contributed by atoms with Crippen LogP contribution in [0.4, 0.5) is 0 Å². The number of hydrogen-bond acceptors (Lipinski definition) is 4. The highest BCUT2D eigenvalue weighted by molar-refractivity contribution is 5.75. The van der Waals surface area contributed by atoms with Gasteiger partial charge in [-0.2, -0.15) is 0 Å². The minimum atomic E-state index is -0.251. The second-order valence-corrected chi connectivity index (χ2v) is 4.13. The summed E-state index contributed by atoms with van der Waals surface area (Å²) in [6.45, 7) is 0.918. The van der Waals surface area contributed by atoms with Gasteiger partial charge in [0.1, 0.15) is 6.04 Å². The van der Waals surface area contributed by atoms with Crippen LogP contribution in [0, 0.1) is 0 Å². The fourth-order valence-electron chi connectivity index (χ4n) is 2.69. The van der Waals surface area contributed by atoms with E-state index in [9.17, 15) is 9.90 Å². The Labute approximate surface area is 83.8 Å². The number of rotatable bonds is 1. The lowest BCUT2D eigenvalue weighted by atomic mass is 9.94. The molecular weight excluding hydrogens is 182 g/mol. The van der Waals surface area contributed by atoms with Crippen LogP contribution in [0.25, 0.3) is 0 Å². The van der Waals surface area contributed by atoms with Gasteiger partial charge in [-0.1, -0.05) is 0 Å². The van der Waals surface area contributed by atoms with E-state index in [1.807, 2.05) is 0 Å². The van der Waals surface area contributed by atoms with Gasteiger partial charge in [0.2, 0.25) is 0 Å². The summed E-state index contributed by atoms with van der Waals surface area (Å²) in [5.41, 5.74) is 0. The average Bonchev–Trinajstić information content (AvgIpc) is 2.67. The van der Waals surface area contributed by atoms with Crippen molar-refractivity contribution in [2.45, 2.75) is 43.9 Å². The highest BCUT2D eigenvalue weighted by atomic mass is 16.5. The predicted molar refractivity (Wildman–Crippen MR) is 50.8 cm³/mol. The maximum atomic E-state index is 11.5. The van der Waals surface area contributed by atoms with Gasteiger partial charge in [0, 0.05) is 6.04 Å².